The van der Waals surface area contributed by atoms with E-state index in [4.69, 9.17) is 4.74 Å². The van der Waals surface area contributed by atoms with Crippen LogP contribution in [0.2, 0.25) is 0 Å². The Morgan fingerprint density at radius 3 is 2.71 bits per heavy atom. The van der Waals surface area contributed by atoms with E-state index in [1.54, 1.807) is 4.90 Å². The van der Waals surface area contributed by atoms with Crippen molar-refractivity contribution in [1.82, 2.24) is 4.90 Å². The third-order valence-corrected chi connectivity index (χ3v) is 4.93. The molecule has 1 aromatic rings. The molecule has 1 unspecified atom stereocenters. The summed E-state index contributed by atoms with van der Waals surface area (Å²) in [5.41, 5.74) is 1.15. The van der Waals surface area contributed by atoms with Crippen LogP contribution in [0.3, 0.4) is 0 Å². The van der Waals surface area contributed by atoms with Gasteiger partial charge in [0.25, 0.3) is 0 Å². The molecule has 0 N–H and O–H groups in total. The second-order valence-electron chi connectivity index (χ2n) is 6.85. The summed E-state index contributed by atoms with van der Waals surface area (Å²) in [6, 6.07) is 9.96. The fraction of sp³-hybridized carbons (Fsp3) is 0.500. The fourth-order valence-corrected chi connectivity index (χ4v) is 3.50. The molecule has 0 aromatic heterocycles. The monoisotopic (exact) mass is 327 g/mol. The summed E-state index contributed by atoms with van der Waals surface area (Å²) in [7, 11) is 0. The SMILES string of the molecule is C=CC[C@@H](CC1CC1)C(=O)N1C(C=O)OC[C@@H]1Cc1ccccc1. The zero-order chi connectivity index (χ0) is 16.9. The molecule has 3 rings (SSSR count). The normalized spacial score (nSPS) is 24.6. The third-order valence-electron chi connectivity index (χ3n) is 4.93. The Morgan fingerprint density at radius 1 is 1.33 bits per heavy atom. The summed E-state index contributed by atoms with van der Waals surface area (Å²) in [5.74, 6) is 0.611. The molecule has 1 aliphatic carbocycles. The van der Waals surface area contributed by atoms with Crippen LogP contribution < -0.4 is 0 Å². The number of carbonyl (C=O) groups is 2. The Kier molecular flexibility index (Phi) is 5.46. The predicted octanol–water partition coefficient (Wildman–Crippen LogP) is 2.97. The summed E-state index contributed by atoms with van der Waals surface area (Å²) in [4.78, 5) is 26.2. The molecule has 3 atom stereocenters. The van der Waals surface area contributed by atoms with Gasteiger partial charge in [0.1, 0.15) is 0 Å². The van der Waals surface area contributed by atoms with E-state index >= 15 is 0 Å². The summed E-state index contributed by atoms with van der Waals surface area (Å²) in [5, 5.41) is 0. The Labute approximate surface area is 143 Å². The molecule has 24 heavy (non-hydrogen) atoms. The van der Waals surface area contributed by atoms with Crippen molar-refractivity contribution in [1.29, 1.82) is 0 Å². The number of hydrogen-bond acceptors (Lipinski definition) is 3. The maximum absolute atomic E-state index is 13.1. The van der Waals surface area contributed by atoms with Gasteiger partial charge in [-0.3, -0.25) is 9.59 Å². The zero-order valence-electron chi connectivity index (χ0n) is 14.0. The van der Waals surface area contributed by atoms with E-state index in [1.165, 1.54) is 12.8 Å². The first kappa shape index (κ1) is 16.9. The minimum atomic E-state index is -0.752. The summed E-state index contributed by atoms with van der Waals surface area (Å²) in [6.07, 6.45) is 6.48. The van der Waals surface area contributed by atoms with E-state index in [2.05, 4.69) is 6.58 Å². The molecule has 1 amide bonds. The largest absolute Gasteiger partial charge is 0.349 e. The van der Waals surface area contributed by atoms with Crippen LogP contribution in [0.15, 0.2) is 43.0 Å². The highest BCUT2D eigenvalue weighted by atomic mass is 16.5. The van der Waals surface area contributed by atoms with Gasteiger partial charge in [0, 0.05) is 5.92 Å². The predicted molar refractivity (Wildman–Crippen MR) is 92.2 cm³/mol. The molecule has 0 bridgehead atoms. The number of aldehydes is 1. The second-order valence-corrected chi connectivity index (χ2v) is 6.85. The lowest BCUT2D eigenvalue weighted by molar-refractivity contribution is -0.146. The van der Waals surface area contributed by atoms with Crippen molar-refractivity contribution in [2.24, 2.45) is 11.8 Å². The second kappa shape index (κ2) is 7.75. The molecular weight excluding hydrogens is 302 g/mol. The average molecular weight is 327 g/mol. The molecule has 0 spiro atoms. The molecule has 2 aliphatic rings. The highest BCUT2D eigenvalue weighted by Gasteiger charge is 2.41. The van der Waals surface area contributed by atoms with Gasteiger partial charge in [0.2, 0.25) is 5.91 Å². The number of allylic oxidation sites excluding steroid dienone is 1. The van der Waals surface area contributed by atoms with E-state index in [-0.39, 0.29) is 17.9 Å². The Morgan fingerprint density at radius 2 is 2.08 bits per heavy atom. The van der Waals surface area contributed by atoms with Gasteiger partial charge >= 0.3 is 0 Å². The molecule has 1 saturated carbocycles. The Bertz CT molecular complexity index is 582. The number of ether oxygens (including phenoxy) is 1. The van der Waals surface area contributed by atoms with Crippen LogP contribution in [0, 0.1) is 11.8 Å². The lowest BCUT2D eigenvalue weighted by atomic mass is 9.95. The first-order valence-electron chi connectivity index (χ1n) is 8.76. The lowest BCUT2D eigenvalue weighted by Crippen LogP contribution is -2.46. The van der Waals surface area contributed by atoms with Gasteiger partial charge in [-0.25, -0.2) is 0 Å². The van der Waals surface area contributed by atoms with Gasteiger partial charge < -0.3 is 9.64 Å². The van der Waals surface area contributed by atoms with E-state index in [1.807, 2.05) is 36.4 Å². The fourth-order valence-electron chi connectivity index (χ4n) is 3.50. The maximum atomic E-state index is 13.1. The lowest BCUT2D eigenvalue weighted by Gasteiger charge is -2.29. The van der Waals surface area contributed by atoms with Gasteiger partial charge in [-0.05, 0) is 30.7 Å². The van der Waals surface area contributed by atoms with Crippen LogP contribution >= 0.6 is 0 Å². The third kappa shape index (κ3) is 3.93. The van der Waals surface area contributed by atoms with Gasteiger partial charge in [0.15, 0.2) is 12.5 Å². The molecule has 0 radical (unpaired) electrons. The highest BCUT2D eigenvalue weighted by molar-refractivity contribution is 5.82. The van der Waals surface area contributed by atoms with Crippen LogP contribution in [0.25, 0.3) is 0 Å². The molecule has 4 heteroatoms. The van der Waals surface area contributed by atoms with Crippen molar-refractivity contribution < 1.29 is 14.3 Å². The minimum Gasteiger partial charge on any atom is -0.349 e. The average Bonchev–Trinajstić information content (AvgIpc) is 3.33. The van der Waals surface area contributed by atoms with Gasteiger partial charge in [-0.2, -0.15) is 0 Å². The summed E-state index contributed by atoms with van der Waals surface area (Å²) < 4.78 is 5.58. The smallest absolute Gasteiger partial charge is 0.228 e. The Hall–Kier alpha value is -1.94. The van der Waals surface area contributed by atoms with Crippen molar-refractivity contribution in [3.8, 4) is 0 Å². The van der Waals surface area contributed by atoms with Gasteiger partial charge in [0.05, 0.1) is 12.6 Å². The molecule has 4 nitrogen and oxygen atoms in total. The topological polar surface area (TPSA) is 46.6 Å². The van der Waals surface area contributed by atoms with E-state index in [0.29, 0.717) is 25.4 Å². The van der Waals surface area contributed by atoms with E-state index in [0.717, 1.165) is 18.3 Å². The Balaban J connectivity index is 1.75. The zero-order valence-corrected chi connectivity index (χ0v) is 14.0. The minimum absolute atomic E-state index is 0.0392. The van der Waals surface area contributed by atoms with Crippen LogP contribution in [0.4, 0.5) is 0 Å². The first-order chi connectivity index (χ1) is 11.7. The number of benzene rings is 1. The van der Waals surface area contributed by atoms with Crippen LogP contribution in [0.1, 0.15) is 31.2 Å². The van der Waals surface area contributed by atoms with Crippen LogP contribution in [-0.2, 0) is 20.7 Å². The molecule has 1 saturated heterocycles. The number of amides is 1. The number of nitrogens with zero attached hydrogens (tertiary/aromatic N) is 1. The standard InChI is InChI=1S/C20H25NO3/c1-2-6-17(11-16-9-10-16)20(23)21-18(14-24-19(21)13-22)12-15-7-4-3-5-8-15/h2-5,7-8,13,16-19H,1,6,9-12,14H2/t17-,18-,19?/m0/s1. The van der Waals surface area contributed by atoms with Crippen molar-refractivity contribution in [2.75, 3.05) is 6.61 Å². The van der Waals surface area contributed by atoms with Crippen molar-refractivity contribution >= 4 is 12.2 Å². The number of rotatable bonds is 8. The number of hydrogen-bond donors (Lipinski definition) is 0. The quantitative estimate of drug-likeness (QED) is 0.545. The van der Waals surface area contributed by atoms with Crippen molar-refractivity contribution in [3.05, 3.63) is 48.6 Å². The van der Waals surface area contributed by atoms with E-state index < -0.39 is 6.23 Å². The molecule has 128 valence electrons. The molecule has 1 aliphatic heterocycles. The van der Waals surface area contributed by atoms with E-state index in [9.17, 15) is 9.59 Å². The first-order valence-corrected chi connectivity index (χ1v) is 8.76. The number of carbonyl (C=O) groups excluding carboxylic acids is 2. The molecular formula is C20H25NO3. The van der Waals surface area contributed by atoms with Crippen LogP contribution in [-0.4, -0.2) is 36.0 Å². The summed E-state index contributed by atoms with van der Waals surface area (Å²) in [6.45, 7) is 4.20. The molecule has 2 fully saturated rings. The van der Waals surface area contributed by atoms with Gasteiger partial charge in [-0.15, -0.1) is 6.58 Å². The summed E-state index contributed by atoms with van der Waals surface area (Å²) >= 11 is 0. The van der Waals surface area contributed by atoms with Crippen molar-refractivity contribution in [3.63, 3.8) is 0 Å². The molecule has 1 heterocycles. The van der Waals surface area contributed by atoms with Crippen LogP contribution in [0.5, 0.6) is 0 Å². The van der Waals surface area contributed by atoms with Gasteiger partial charge in [-0.1, -0.05) is 49.2 Å². The molecule has 1 aromatic carbocycles. The van der Waals surface area contributed by atoms with Crippen molar-refractivity contribution in [2.45, 2.75) is 44.4 Å². The maximum Gasteiger partial charge on any atom is 0.228 e. The highest BCUT2D eigenvalue weighted by Crippen LogP contribution is 2.37.